The first-order valence-electron chi connectivity index (χ1n) is 13.9. The molecule has 4 aromatic carbocycles. The first-order chi connectivity index (χ1) is 20.0. The maximum absolute atomic E-state index is 15.2. The topological polar surface area (TPSA) is 84.2 Å². The van der Waals surface area contributed by atoms with Gasteiger partial charge in [0.2, 0.25) is 5.95 Å². The van der Waals surface area contributed by atoms with Crippen molar-refractivity contribution in [3.8, 4) is 11.1 Å². The fraction of sp³-hybridized carbons (Fsp3) is 0.206. The average molecular weight is 548 g/mol. The van der Waals surface area contributed by atoms with E-state index in [9.17, 15) is 14.7 Å². The fourth-order valence-corrected chi connectivity index (χ4v) is 5.24. The zero-order valence-electron chi connectivity index (χ0n) is 22.5. The van der Waals surface area contributed by atoms with E-state index in [0.717, 1.165) is 35.0 Å². The molecule has 41 heavy (non-hydrogen) atoms. The van der Waals surface area contributed by atoms with Gasteiger partial charge in [-0.3, -0.25) is 9.59 Å². The summed E-state index contributed by atoms with van der Waals surface area (Å²) >= 11 is 0. The standard InChI is InChI=1S/C34H30FN3O3/c35-28-20-25(16-19-29(28)36-34-37-30-8-4-5-9-31(30)38(34)27-17-18-27)23-12-14-24(15-13-23)32(39)21-26(33(40)41)11-10-22-6-2-1-3-7-22/h1-9,12-16,19-20,26-27H,10-11,17-18,21H2,(H,36,37)(H,40,41). The third-order valence-corrected chi connectivity index (χ3v) is 7.67. The number of carboxylic acids is 1. The summed E-state index contributed by atoms with van der Waals surface area (Å²) in [5, 5.41) is 12.9. The largest absolute Gasteiger partial charge is 0.481 e. The van der Waals surface area contributed by atoms with Crippen LogP contribution >= 0.6 is 0 Å². The second kappa shape index (κ2) is 11.4. The first-order valence-corrected chi connectivity index (χ1v) is 13.9. The number of hydrogen-bond acceptors (Lipinski definition) is 4. The van der Waals surface area contributed by atoms with Crippen LogP contribution in [0.1, 0.15) is 47.6 Å². The number of carboxylic acid groups (broad SMARTS) is 1. The Morgan fingerprint density at radius 3 is 2.34 bits per heavy atom. The molecule has 5 aromatic rings. The van der Waals surface area contributed by atoms with Gasteiger partial charge in [-0.05, 0) is 66.6 Å². The molecule has 1 saturated carbocycles. The van der Waals surface area contributed by atoms with Crippen molar-refractivity contribution in [2.75, 3.05) is 5.32 Å². The summed E-state index contributed by atoms with van der Waals surface area (Å²) in [5.41, 5.74) is 5.18. The predicted octanol–water partition coefficient (Wildman–Crippen LogP) is 7.83. The van der Waals surface area contributed by atoms with Gasteiger partial charge in [0.05, 0.1) is 22.6 Å². The predicted molar refractivity (Wildman–Crippen MR) is 158 cm³/mol. The molecule has 1 atom stereocenters. The van der Waals surface area contributed by atoms with Gasteiger partial charge in [0.25, 0.3) is 0 Å². The monoisotopic (exact) mass is 547 g/mol. The third kappa shape index (κ3) is 5.89. The highest BCUT2D eigenvalue weighted by atomic mass is 19.1. The van der Waals surface area contributed by atoms with E-state index in [-0.39, 0.29) is 12.2 Å². The molecule has 1 unspecified atom stereocenters. The van der Waals surface area contributed by atoms with Gasteiger partial charge in [-0.2, -0.15) is 0 Å². The summed E-state index contributed by atoms with van der Waals surface area (Å²) < 4.78 is 17.4. The van der Waals surface area contributed by atoms with Gasteiger partial charge in [0.1, 0.15) is 5.82 Å². The number of Topliss-reactive ketones (excluding diaryl/α,β-unsaturated/α-hetero) is 1. The van der Waals surface area contributed by atoms with Crippen molar-refractivity contribution in [3.63, 3.8) is 0 Å². The molecule has 6 nitrogen and oxygen atoms in total. The number of carbonyl (C=O) groups is 2. The quantitative estimate of drug-likeness (QED) is 0.165. The van der Waals surface area contributed by atoms with Gasteiger partial charge in [0.15, 0.2) is 5.78 Å². The lowest BCUT2D eigenvalue weighted by Crippen LogP contribution is -2.19. The highest BCUT2D eigenvalue weighted by Gasteiger charge is 2.28. The molecule has 0 saturated heterocycles. The minimum atomic E-state index is -0.970. The second-order valence-corrected chi connectivity index (χ2v) is 10.6. The van der Waals surface area contributed by atoms with E-state index >= 15 is 4.39 Å². The van der Waals surface area contributed by atoms with Crippen LogP contribution in [0.3, 0.4) is 0 Å². The number of benzene rings is 4. The van der Waals surface area contributed by atoms with Crippen molar-refractivity contribution in [3.05, 3.63) is 114 Å². The minimum absolute atomic E-state index is 0.0673. The van der Waals surface area contributed by atoms with Crippen molar-refractivity contribution in [1.29, 1.82) is 0 Å². The Hall–Kier alpha value is -4.78. The van der Waals surface area contributed by atoms with Crippen LogP contribution in [-0.4, -0.2) is 26.4 Å². The van der Waals surface area contributed by atoms with Crippen molar-refractivity contribution in [1.82, 2.24) is 9.55 Å². The lowest BCUT2D eigenvalue weighted by molar-refractivity contribution is -0.141. The molecule has 1 aliphatic rings. The Bertz CT molecular complexity index is 1710. The Labute approximate surface area is 237 Å². The van der Waals surface area contributed by atoms with Crippen LogP contribution in [0, 0.1) is 11.7 Å². The molecule has 2 N–H and O–H groups in total. The molecule has 1 fully saturated rings. The van der Waals surface area contributed by atoms with Crippen molar-refractivity contribution in [2.24, 2.45) is 5.92 Å². The number of anilines is 2. The normalized spacial score (nSPS) is 13.7. The summed E-state index contributed by atoms with van der Waals surface area (Å²) in [6, 6.07) is 29.8. The van der Waals surface area contributed by atoms with Crippen LogP contribution in [0.4, 0.5) is 16.0 Å². The third-order valence-electron chi connectivity index (χ3n) is 7.67. The minimum Gasteiger partial charge on any atom is -0.481 e. The molecule has 0 aliphatic heterocycles. The number of ketones is 1. The average Bonchev–Trinajstić information content (AvgIpc) is 3.76. The maximum Gasteiger partial charge on any atom is 0.306 e. The molecule has 7 heteroatoms. The number of nitrogens with zero attached hydrogens (tertiary/aromatic N) is 2. The van der Waals surface area contributed by atoms with Crippen LogP contribution in [0.15, 0.2) is 97.1 Å². The number of carbonyl (C=O) groups excluding carboxylic acids is 1. The van der Waals surface area contributed by atoms with E-state index in [1.165, 1.54) is 6.07 Å². The summed E-state index contributed by atoms with van der Waals surface area (Å²) in [7, 11) is 0. The van der Waals surface area contributed by atoms with E-state index in [1.54, 1.807) is 30.3 Å². The maximum atomic E-state index is 15.2. The number of rotatable bonds is 11. The number of imidazole rings is 1. The number of halogens is 1. The molecule has 6 rings (SSSR count). The molecule has 0 bridgehead atoms. The van der Waals surface area contributed by atoms with Crippen LogP contribution < -0.4 is 5.32 Å². The van der Waals surface area contributed by atoms with Crippen LogP contribution in [0.25, 0.3) is 22.2 Å². The number of aryl methyl sites for hydroxylation is 1. The summed E-state index contributed by atoms with van der Waals surface area (Å²) in [4.78, 5) is 29.4. The van der Waals surface area contributed by atoms with Crippen molar-refractivity contribution < 1.29 is 19.1 Å². The smallest absolute Gasteiger partial charge is 0.306 e. The SMILES string of the molecule is O=C(CC(CCc1ccccc1)C(=O)O)c1ccc(-c2ccc(Nc3nc4ccccc4n3C3CC3)c(F)c2)cc1. The molecule has 1 aliphatic carbocycles. The molecule has 0 radical (unpaired) electrons. The number of fused-ring (bicyclic) bond motifs is 1. The van der Waals surface area contributed by atoms with Gasteiger partial charge in [-0.1, -0.05) is 72.8 Å². The Balaban J connectivity index is 1.13. The summed E-state index contributed by atoms with van der Waals surface area (Å²) in [6.07, 6.45) is 3.08. The summed E-state index contributed by atoms with van der Waals surface area (Å²) in [6.45, 7) is 0. The fourth-order valence-electron chi connectivity index (χ4n) is 5.24. The number of nitrogens with one attached hydrogen (secondary N) is 1. The van der Waals surface area contributed by atoms with Gasteiger partial charge in [-0.25, -0.2) is 9.37 Å². The van der Waals surface area contributed by atoms with E-state index in [2.05, 4.69) is 9.88 Å². The van der Waals surface area contributed by atoms with Crippen LogP contribution in [0.2, 0.25) is 0 Å². The zero-order valence-corrected chi connectivity index (χ0v) is 22.5. The molecule has 0 amide bonds. The van der Waals surface area contributed by atoms with Crippen LogP contribution in [-0.2, 0) is 11.2 Å². The van der Waals surface area contributed by atoms with E-state index < -0.39 is 17.7 Å². The molecule has 1 heterocycles. The van der Waals surface area contributed by atoms with Gasteiger partial charge in [0, 0.05) is 18.0 Å². The number of aliphatic carboxylic acids is 1. The number of para-hydroxylation sites is 2. The summed E-state index contributed by atoms with van der Waals surface area (Å²) in [5.74, 6) is -1.72. The molecular weight excluding hydrogens is 517 g/mol. The lowest BCUT2D eigenvalue weighted by atomic mass is 9.92. The van der Waals surface area contributed by atoms with Crippen molar-refractivity contribution in [2.45, 2.75) is 38.1 Å². The highest BCUT2D eigenvalue weighted by molar-refractivity contribution is 5.98. The molecule has 1 aromatic heterocycles. The number of aromatic nitrogens is 2. The van der Waals surface area contributed by atoms with Crippen LogP contribution in [0.5, 0.6) is 0 Å². The number of hydrogen-bond donors (Lipinski definition) is 2. The molecular formula is C34H30FN3O3. The lowest BCUT2D eigenvalue weighted by Gasteiger charge is -2.13. The van der Waals surface area contributed by atoms with E-state index in [4.69, 9.17) is 4.98 Å². The van der Waals surface area contributed by atoms with E-state index in [1.807, 2.05) is 60.7 Å². The molecule has 0 spiro atoms. The Morgan fingerprint density at radius 2 is 1.63 bits per heavy atom. The van der Waals surface area contributed by atoms with Gasteiger partial charge in [-0.15, -0.1) is 0 Å². The first kappa shape index (κ1) is 26.4. The van der Waals surface area contributed by atoms with E-state index in [0.29, 0.717) is 41.6 Å². The van der Waals surface area contributed by atoms with Gasteiger partial charge >= 0.3 is 5.97 Å². The Morgan fingerprint density at radius 1 is 0.927 bits per heavy atom. The second-order valence-electron chi connectivity index (χ2n) is 10.6. The molecule has 206 valence electrons. The van der Waals surface area contributed by atoms with Gasteiger partial charge < -0.3 is 15.0 Å². The van der Waals surface area contributed by atoms with Crippen molar-refractivity contribution >= 4 is 34.4 Å². The Kier molecular flexibility index (Phi) is 7.33. The zero-order chi connectivity index (χ0) is 28.3. The highest BCUT2D eigenvalue weighted by Crippen LogP contribution is 2.41.